The SMILES string of the molecule is CSc1ccc(C(=O)Nc2ccc(-c3nc4ccc([N+](=O)[O-])cc4[nH]3)cc2)cc1. The minimum absolute atomic E-state index is 0.0105. The van der Waals surface area contributed by atoms with Crippen LogP contribution in [0.5, 0.6) is 0 Å². The third-order valence-electron chi connectivity index (χ3n) is 4.44. The van der Waals surface area contributed by atoms with Crippen LogP contribution < -0.4 is 5.32 Å². The van der Waals surface area contributed by atoms with Crippen LogP contribution in [0.3, 0.4) is 0 Å². The molecule has 4 aromatic rings. The smallest absolute Gasteiger partial charge is 0.271 e. The lowest BCUT2D eigenvalue weighted by atomic mass is 10.1. The number of nitrogens with one attached hydrogen (secondary N) is 2. The Hall–Kier alpha value is -3.65. The second-order valence-corrected chi connectivity index (χ2v) is 7.18. The van der Waals surface area contributed by atoms with Gasteiger partial charge in [0.15, 0.2) is 0 Å². The summed E-state index contributed by atoms with van der Waals surface area (Å²) in [7, 11) is 0. The molecule has 0 aliphatic heterocycles. The number of nitro groups is 1. The van der Waals surface area contributed by atoms with Crippen molar-refractivity contribution in [3.8, 4) is 11.4 Å². The summed E-state index contributed by atoms with van der Waals surface area (Å²) in [4.78, 5) is 31.5. The summed E-state index contributed by atoms with van der Waals surface area (Å²) in [5, 5.41) is 13.8. The molecule has 1 aromatic heterocycles. The molecule has 3 aromatic carbocycles. The molecule has 1 heterocycles. The number of imidazole rings is 1. The third kappa shape index (κ3) is 3.97. The van der Waals surface area contributed by atoms with Gasteiger partial charge in [-0.2, -0.15) is 0 Å². The van der Waals surface area contributed by atoms with E-state index in [-0.39, 0.29) is 11.6 Å². The van der Waals surface area contributed by atoms with Gasteiger partial charge in [0.1, 0.15) is 5.82 Å². The highest BCUT2D eigenvalue weighted by molar-refractivity contribution is 7.98. The van der Waals surface area contributed by atoms with Crippen LogP contribution in [0.15, 0.2) is 71.6 Å². The lowest BCUT2D eigenvalue weighted by Crippen LogP contribution is -2.11. The number of H-pyrrole nitrogens is 1. The van der Waals surface area contributed by atoms with Gasteiger partial charge in [-0.25, -0.2) is 4.98 Å². The number of rotatable bonds is 5. The zero-order chi connectivity index (χ0) is 20.4. The Morgan fingerprint density at radius 1 is 1.07 bits per heavy atom. The molecule has 0 saturated carbocycles. The maximum atomic E-state index is 12.4. The molecule has 4 rings (SSSR count). The Bertz CT molecular complexity index is 1200. The number of aromatic nitrogens is 2. The first-order valence-corrected chi connectivity index (χ1v) is 9.96. The normalized spacial score (nSPS) is 10.8. The molecule has 7 nitrogen and oxygen atoms in total. The average molecular weight is 404 g/mol. The summed E-state index contributed by atoms with van der Waals surface area (Å²) in [6.07, 6.45) is 1.99. The van der Waals surface area contributed by atoms with Crippen LogP contribution in [0.2, 0.25) is 0 Å². The van der Waals surface area contributed by atoms with Gasteiger partial charge in [-0.15, -0.1) is 11.8 Å². The fourth-order valence-electron chi connectivity index (χ4n) is 2.90. The number of benzene rings is 3. The fraction of sp³-hybridized carbons (Fsp3) is 0.0476. The maximum absolute atomic E-state index is 12.4. The Morgan fingerprint density at radius 3 is 2.45 bits per heavy atom. The molecular formula is C21H16N4O3S. The van der Waals surface area contributed by atoms with Crippen molar-refractivity contribution in [1.82, 2.24) is 9.97 Å². The van der Waals surface area contributed by atoms with E-state index in [1.54, 1.807) is 42.1 Å². The number of nitrogens with zero attached hydrogens (tertiary/aromatic N) is 2. The zero-order valence-electron chi connectivity index (χ0n) is 15.4. The van der Waals surface area contributed by atoms with Gasteiger partial charge in [-0.05, 0) is 60.9 Å². The molecule has 0 fully saturated rings. The second kappa shape index (κ2) is 7.76. The van der Waals surface area contributed by atoms with E-state index in [0.717, 1.165) is 10.5 Å². The van der Waals surface area contributed by atoms with Crippen molar-refractivity contribution in [2.45, 2.75) is 4.90 Å². The van der Waals surface area contributed by atoms with Crippen molar-refractivity contribution in [3.05, 3.63) is 82.4 Å². The highest BCUT2D eigenvalue weighted by Crippen LogP contribution is 2.25. The van der Waals surface area contributed by atoms with Gasteiger partial charge in [0.2, 0.25) is 0 Å². The molecule has 2 N–H and O–H groups in total. The lowest BCUT2D eigenvalue weighted by Gasteiger charge is -2.06. The molecule has 0 spiro atoms. The third-order valence-corrected chi connectivity index (χ3v) is 5.19. The van der Waals surface area contributed by atoms with Crippen LogP contribution in [-0.2, 0) is 0 Å². The number of carbonyl (C=O) groups is 1. The molecule has 29 heavy (non-hydrogen) atoms. The van der Waals surface area contributed by atoms with Gasteiger partial charge >= 0.3 is 0 Å². The van der Waals surface area contributed by atoms with E-state index in [4.69, 9.17) is 0 Å². The van der Waals surface area contributed by atoms with Crippen LogP contribution in [0.4, 0.5) is 11.4 Å². The van der Waals surface area contributed by atoms with Gasteiger partial charge in [-0.3, -0.25) is 14.9 Å². The standard InChI is InChI=1S/C21H16N4O3S/c1-29-17-9-4-14(5-10-17)21(26)22-15-6-2-13(3-7-15)20-23-18-11-8-16(25(27)28)12-19(18)24-20/h2-12H,1H3,(H,22,26)(H,23,24). The molecule has 1 amide bonds. The minimum atomic E-state index is -0.438. The Morgan fingerprint density at radius 2 is 1.79 bits per heavy atom. The van der Waals surface area contributed by atoms with Crippen molar-refractivity contribution in [3.63, 3.8) is 0 Å². The van der Waals surface area contributed by atoms with Gasteiger partial charge in [-0.1, -0.05) is 0 Å². The Balaban J connectivity index is 1.52. The van der Waals surface area contributed by atoms with Gasteiger partial charge in [0, 0.05) is 33.8 Å². The maximum Gasteiger partial charge on any atom is 0.271 e. The molecular weight excluding hydrogens is 388 g/mol. The number of amides is 1. The molecule has 0 saturated heterocycles. The second-order valence-electron chi connectivity index (χ2n) is 6.30. The molecule has 0 aliphatic rings. The van der Waals surface area contributed by atoms with Crippen LogP contribution >= 0.6 is 11.8 Å². The first-order chi connectivity index (χ1) is 14.0. The number of hydrogen-bond acceptors (Lipinski definition) is 5. The van der Waals surface area contributed by atoms with Crippen molar-refractivity contribution in [2.75, 3.05) is 11.6 Å². The molecule has 0 atom stereocenters. The van der Waals surface area contributed by atoms with E-state index >= 15 is 0 Å². The molecule has 8 heteroatoms. The van der Waals surface area contributed by atoms with Crippen LogP contribution in [-0.4, -0.2) is 27.1 Å². The number of non-ortho nitro benzene ring substituents is 1. The lowest BCUT2D eigenvalue weighted by molar-refractivity contribution is -0.384. The number of carbonyl (C=O) groups excluding carboxylic acids is 1. The number of hydrogen-bond donors (Lipinski definition) is 2. The monoisotopic (exact) mass is 404 g/mol. The highest BCUT2D eigenvalue weighted by Gasteiger charge is 2.11. The number of aromatic amines is 1. The summed E-state index contributed by atoms with van der Waals surface area (Å²) >= 11 is 1.62. The minimum Gasteiger partial charge on any atom is -0.338 e. The molecule has 0 aliphatic carbocycles. The first kappa shape index (κ1) is 18.7. The number of fused-ring (bicyclic) bond motifs is 1. The highest BCUT2D eigenvalue weighted by atomic mass is 32.2. The average Bonchev–Trinajstić information content (AvgIpc) is 3.17. The summed E-state index contributed by atoms with van der Waals surface area (Å²) in [6.45, 7) is 0. The van der Waals surface area contributed by atoms with Crippen LogP contribution in [0.25, 0.3) is 22.4 Å². The van der Waals surface area contributed by atoms with E-state index < -0.39 is 4.92 Å². The topological polar surface area (TPSA) is 101 Å². The predicted octanol–water partition coefficient (Wildman–Crippen LogP) is 5.11. The Labute approximate surface area is 170 Å². The van der Waals surface area contributed by atoms with E-state index in [1.165, 1.54) is 12.1 Å². The number of anilines is 1. The zero-order valence-corrected chi connectivity index (χ0v) is 16.2. The van der Waals surface area contributed by atoms with Crippen molar-refractivity contribution < 1.29 is 9.72 Å². The summed E-state index contributed by atoms with van der Waals surface area (Å²) in [5.74, 6) is 0.424. The quantitative estimate of drug-likeness (QED) is 0.273. The van der Waals surface area contributed by atoms with Gasteiger partial charge < -0.3 is 10.3 Å². The largest absolute Gasteiger partial charge is 0.338 e. The van der Waals surface area contributed by atoms with Crippen LogP contribution in [0.1, 0.15) is 10.4 Å². The number of thioether (sulfide) groups is 1. The van der Waals surface area contributed by atoms with E-state index in [2.05, 4.69) is 15.3 Å². The molecule has 144 valence electrons. The Kier molecular flexibility index (Phi) is 5.01. The summed E-state index contributed by atoms with van der Waals surface area (Å²) in [5.41, 5.74) is 3.32. The van der Waals surface area contributed by atoms with Crippen molar-refractivity contribution >= 4 is 40.1 Å². The van der Waals surface area contributed by atoms with Crippen molar-refractivity contribution in [2.24, 2.45) is 0 Å². The van der Waals surface area contributed by atoms with E-state index in [9.17, 15) is 14.9 Å². The van der Waals surface area contributed by atoms with E-state index in [1.807, 2.05) is 30.5 Å². The van der Waals surface area contributed by atoms with E-state index in [0.29, 0.717) is 28.1 Å². The number of nitro benzene ring substituents is 1. The van der Waals surface area contributed by atoms with Crippen LogP contribution in [0, 0.1) is 10.1 Å². The fourth-order valence-corrected chi connectivity index (χ4v) is 3.31. The molecule has 0 radical (unpaired) electrons. The van der Waals surface area contributed by atoms with Crippen molar-refractivity contribution in [1.29, 1.82) is 0 Å². The summed E-state index contributed by atoms with van der Waals surface area (Å²) in [6, 6.07) is 19.2. The molecule has 0 bridgehead atoms. The first-order valence-electron chi connectivity index (χ1n) is 8.73. The molecule has 0 unspecified atom stereocenters. The predicted molar refractivity (Wildman–Crippen MR) is 114 cm³/mol. The van der Waals surface area contributed by atoms with Gasteiger partial charge in [0.05, 0.1) is 16.0 Å². The van der Waals surface area contributed by atoms with Gasteiger partial charge in [0.25, 0.3) is 11.6 Å². The summed E-state index contributed by atoms with van der Waals surface area (Å²) < 4.78 is 0.